The summed E-state index contributed by atoms with van der Waals surface area (Å²) >= 11 is 0. The van der Waals surface area contributed by atoms with Crippen LogP contribution in [-0.4, -0.2) is 21.6 Å². The first-order valence-corrected chi connectivity index (χ1v) is 5.37. The largest absolute Gasteiger partial charge is 0.496 e. The third-order valence-corrected chi connectivity index (χ3v) is 2.57. The van der Waals surface area contributed by atoms with Crippen LogP contribution in [0.4, 0.5) is 5.69 Å². The second kappa shape index (κ2) is 5.18. The molecule has 0 saturated heterocycles. The summed E-state index contributed by atoms with van der Waals surface area (Å²) in [6, 6.07) is 6.44. The van der Waals surface area contributed by atoms with Gasteiger partial charge in [-0.15, -0.1) is 0 Å². The van der Waals surface area contributed by atoms with Crippen molar-refractivity contribution in [2.24, 2.45) is 0 Å². The van der Waals surface area contributed by atoms with Gasteiger partial charge in [0.25, 0.3) is 5.69 Å². The first kappa shape index (κ1) is 12.6. The fraction of sp³-hybridized carbons (Fsp3) is 0.167. The zero-order valence-corrected chi connectivity index (χ0v) is 10.1. The van der Waals surface area contributed by atoms with E-state index in [0.29, 0.717) is 17.9 Å². The maximum atomic E-state index is 10.8. The molecule has 96 valence electrons. The molecule has 1 aromatic heterocycles. The minimum absolute atomic E-state index is 0.0482. The number of benzene rings is 1. The minimum atomic E-state index is -0.481. The molecule has 2 aromatic rings. The van der Waals surface area contributed by atoms with Crippen LogP contribution >= 0.6 is 0 Å². The summed E-state index contributed by atoms with van der Waals surface area (Å²) in [6.07, 6.45) is 3.15. The highest BCUT2D eigenvalue weighted by Crippen LogP contribution is 2.23. The van der Waals surface area contributed by atoms with Crippen molar-refractivity contribution in [2.75, 3.05) is 7.11 Å². The van der Waals surface area contributed by atoms with Gasteiger partial charge in [-0.25, -0.2) is 4.98 Å². The lowest BCUT2D eigenvalue weighted by Gasteiger charge is -2.06. The van der Waals surface area contributed by atoms with Crippen molar-refractivity contribution in [2.45, 2.75) is 6.54 Å². The highest BCUT2D eigenvalue weighted by molar-refractivity contribution is 5.43. The van der Waals surface area contributed by atoms with Gasteiger partial charge in [0.05, 0.1) is 24.6 Å². The highest BCUT2D eigenvalue weighted by atomic mass is 16.6. The van der Waals surface area contributed by atoms with Crippen LogP contribution in [0.1, 0.15) is 11.4 Å². The van der Waals surface area contributed by atoms with Crippen molar-refractivity contribution >= 4 is 5.69 Å². The summed E-state index contributed by atoms with van der Waals surface area (Å²) in [5.74, 6) is 0.660. The average molecular weight is 258 g/mol. The number of nitrogens with zero attached hydrogens (tertiary/aromatic N) is 4. The molecule has 0 amide bonds. The van der Waals surface area contributed by atoms with Crippen molar-refractivity contribution < 1.29 is 9.66 Å². The van der Waals surface area contributed by atoms with E-state index in [4.69, 9.17) is 10.00 Å². The summed E-state index contributed by atoms with van der Waals surface area (Å²) in [6.45, 7) is 0.320. The molecule has 7 heteroatoms. The number of nitro groups is 1. The van der Waals surface area contributed by atoms with Crippen molar-refractivity contribution in [3.05, 3.63) is 52.1 Å². The van der Waals surface area contributed by atoms with E-state index in [-0.39, 0.29) is 11.5 Å². The van der Waals surface area contributed by atoms with Gasteiger partial charge in [-0.3, -0.25) is 10.1 Å². The lowest BCUT2D eigenvalue weighted by Crippen LogP contribution is -2.02. The Kier molecular flexibility index (Phi) is 3.43. The molecule has 19 heavy (non-hydrogen) atoms. The fourth-order valence-corrected chi connectivity index (χ4v) is 1.70. The van der Waals surface area contributed by atoms with Crippen molar-refractivity contribution in [1.82, 2.24) is 9.55 Å². The minimum Gasteiger partial charge on any atom is -0.496 e. The molecule has 1 heterocycles. The molecule has 7 nitrogen and oxygen atoms in total. The zero-order valence-electron chi connectivity index (χ0n) is 10.1. The Morgan fingerprint density at radius 3 is 2.95 bits per heavy atom. The van der Waals surface area contributed by atoms with Crippen LogP contribution in [0, 0.1) is 21.4 Å². The van der Waals surface area contributed by atoms with E-state index in [1.807, 2.05) is 6.07 Å². The van der Waals surface area contributed by atoms with Gasteiger partial charge in [0.15, 0.2) is 0 Å². The fourth-order valence-electron chi connectivity index (χ4n) is 1.70. The number of rotatable bonds is 4. The van der Waals surface area contributed by atoms with Crippen LogP contribution < -0.4 is 4.74 Å². The quantitative estimate of drug-likeness (QED) is 0.614. The van der Waals surface area contributed by atoms with E-state index < -0.39 is 4.92 Å². The van der Waals surface area contributed by atoms with E-state index in [1.54, 1.807) is 16.8 Å². The SMILES string of the molecule is COc1cc(Cn2ccnc2C#N)cc([N+](=O)[O-])c1. The number of methoxy groups -OCH3 is 1. The molecule has 0 unspecified atom stereocenters. The van der Waals surface area contributed by atoms with Crippen LogP contribution in [0.15, 0.2) is 30.6 Å². The number of hydrogen-bond acceptors (Lipinski definition) is 5. The van der Waals surface area contributed by atoms with Crippen molar-refractivity contribution in [1.29, 1.82) is 5.26 Å². The summed E-state index contributed by atoms with van der Waals surface area (Å²) in [5, 5.41) is 19.7. The molecule has 0 fully saturated rings. The van der Waals surface area contributed by atoms with Crippen LogP contribution in [0.25, 0.3) is 0 Å². The van der Waals surface area contributed by atoms with E-state index in [2.05, 4.69) is 4.98 Å². The Bertz CT molecular complexity index is 657. The molecule has 0 aliphatic carbocycles. The molecule has 0 bridgehead atoms. The topological polar surface area (TPSA) is 94.0 Å². The standard InChI is InChI=1S/C12H10N4O3/c1-19-11-5-9(4-10(6-11)16(17)18)8-15-3-2-14-12(15)7-13/h2-6H,8H2,1H3. The number of aromatic nitrogens is 2. The maximum absolute atomic E-state index is 10.8. The lowest BCUT2D eigenvalue weighted by atomic mass is 10.2. The lowest BCUT2D eigenvalue weighted by molar-refractivity contribution is -0.385. The van der Waals surface area contributed by atoms with Crippen molar-refractivity contribution in [3.63, 3.8) is 0 Å². The Hall–Kier alpha value is -2.88. The Morgan fingerprint density at radius 2 is 2.32 bits per heavy atom. The van der Waals surface area contributed by atoms with Gasteiger partial charge < -0.3 is 9.30 Å². The number of hydrogen-bond donors (Lipinski definition) is 0. The van der Waals surface area contributed by atoms with Gasteiger partial charge in [0.1, 0.15) is 11.8 Å². The number of imidazole rings is 1. The highest BCUT2D eigenvalue weighted by Gasteiger charge is 2.11. The first-order valence-electron chi connectivity index (χ1n) is 5.37. The summed E-state index contributed by atoms with van der Waals surface area (Å²) in [7, 11) is 1.45. The third kappa shape index (κ3) is 2.69. The maximum Gasteiger partial charge on any atom is 0.273 e. The van der Waals surface area contributed by atoms with Gasteiger partial charge in [-0.05, 0) is 11.6 Å². The molecular formula is C12H10N4O3. The third-order valence-electron chi connectivity index (χ3n) is 2.57. The molecule has 2 rings (SSSR count). The molecule has 0 aliphatic rings. The Balaban J connectivity index is 2.37. The summed E-state index contributed by atoms with van der Waals surface area (Å²) in [4.78, 5) is 14.2. The number of non-ortho nitro benzene ring substituents is 1. The van der Waals surface area contributed by atoms with Crippen LogP contribution in [0.5, 0.6) is 5.75 Å². The summed E-state index contributed by atoms with van der Waals surface area (Å²) in [5.41, 5.74) is 0.619. The van der Waals surface area contributed by atoms with E-state index in [1.165, 1.54) is 25.4 Å². The molecule has 0 spiro atoms. The normalized spacial score (nSPS) is 9.89. The molecule has 0 atom stereocenters. The van der Waals surface area contributed by atoms with Crippen LogP contribution in [0.2, 0.25) is 0 Å². The van der Waals surface area contributed by atoms with Crippen LogP contribution in [0.3, 0.4) is 0 Å². The number of nitro benzene ring substituents is 1. The van der Waals surface area contributed by atoms with Crippen LogP contribution in [-0.2, 0) is 6.54 Å². The predicted octanol–water partition coefficient (Wildman–Crippen LogP) is 1.72. The molecule has 0 saturated carbocycles. The average Bonchev–Trinajstić information content (AvgIpc) is 2.85. The van der Waals surface area contributed by atoms with Gasteiger partial charge in [-0.1, -0.05) is 0 Å². The second-order valence-electron chi connectivity index (χ2n) is 3.79. The number of nitriles is 1. The Morgan fingerprint density at radius 1 is 1.53 bits per heavy atom. The predicted molar refractivity (Wildman–Crippen MR) is 65.7 cm³/mol. The van der Waals surface area contributed by atoms with E-state index >= 15 is 0 Å². The van der Waals surface area contributed by atoms with E-state index in [0.717, 1.165) is 0 Å². The van der Waals surface area contributed by atoms with Gasteiger partial charge in [-0.2, -0.15) is 5.26 Å². The smallest absolute Gasteiger partial charge is 0.273 e. The van der Waals surface area contributed by atoms with Gasteiger partial charge >= 0.3 is 0 Å². The Labute approximate surface area is 108 Å². The van der Waals surface area contributed by atoms with Gasteiger partial charge in [0, 0.05) is 18.5 Å². The summed E-state index contributed by atoms with van der Waals surface area (Å²) < 4.78 is 6.64. The molecule has 0 aliphatic heterocycles. The molecular weight excluding hydrogens is 248 g/mol. The molecule has 0 radical (unpaired) electrons. The van der Waals surface area contributed by atoms with Gasteiger partial charge in [0.2, 0.25) is 5.82 Å². The van der Waals surface area contributed by atoms with Crippen molar-refractivity contribution in [3.8, 4) is 11.8 Å². The molecule has 0 N–H and O–H groups in total. The number of ether oxygens (including phenoxy) is 1. The monoisotopic (exact) mass is 258 g/mol. The second-order valence-corrected chi connectivity index (χ2v) is 3.79. The zero-order chi connectivity index (χ0) is 13.8. The first-order chi connectivity index (χ1) is 9.13. The molecule has 1 aromatic carbocycles. The van der Waals surface area contributed by atoms with E-state index in [9.17, 15) is 10.1 Å².